The first-order chi connectivity index (χ1) is 13.9. The van der Waals surface area contributed by atoms with E-state index in [0.717, 1.165) is 0 Å². The number of halogens is 2. The highest BCUT2D eigenvalue weighted by atomic mass is 35.5. The average molecular weight is 430 g/mol. The molecule has 0 aliphatic rings. The van der Waals surface area contributed by atoms with Crippen LogP contribution in [0.4, 0.5) is 5.69 Å². The minimum Gasteiger partial charge on any atom is -0.453 e. The van der Waals surface area contributed by atoms with Gasteiger partial charge in [0.2, 0.25) is 5.60 Å². The quantitative estimate of drug-likeness (QED) is 0.568. The summed E-state index contributed by atoms with van der Waals surface area (Å²) in [5, 5.41) is 14.5. The van der Waals surface area contributed by atoms with Crippen LogP contribution < -0.4 is 5.32 Å². The van der Waals surface area contributed by atoms with Gasteiger partial charge in [-0.25, -0.2) is 4.79 Å². The van der Waals surface area contributed by atoms with Gasteiger partial charge in [0.05, 0.1) is 10.7 Å². The molecule has 3 aromatic carbocycles. The average Bonchev–Trinajstić information content (AvgIpc) is 2.75. The van der Waals surface area contributed by atoms with E-state index in [4.69, 9.17) is 27.9 Å². The van der Waals surface area contributed by atoms with Gasteiger partial charge >= 0.3 is 5.97 Å². The minimum absolute atomic E-state index is 0.291. The Morgan fingerprint density at radius 3 is 2.00 bits per heavy atom. The summed E-state index contributed by atoms with van der Waals surface area (Å²) in [6.45, 7) is -0.607. The maximum atomic E-state index is 12.8. The molecule has 3 rings (SSSR count). The molecular weight excluding hydrogens is 413 g/mol. The van der Waals surface area contributed by atoms with Gasteiger partial charge in [-0.2, -0.15) is 0 Å². The molecule has 148 valence electrons. The van der Waals surface area contributed by atoms with Gasteiger partial charge in [0.15, 0.2) is 6.61 Å². The van der Waals surface area contributed by atoms with Crippen LogP contribution in [0.3, 0.4) is 0 Å². The van der Waals surface area contributed by atoms with Crippen molar-refractivity contribution >= 4 is 40.8 Å². The number of hydrogen-bond acceptors (Lipinski definition) is 4. The van der Waals surface area contributed by atoms with E-state index in [1.165, 1.54) is 12.1 Å². The molecule has 0 unspecified atom stereocenters. The second-order valence-corrected chi connectivity index (χ2v) is 7.03. The van der Waals surface area contributed by atoms with Crippen molar-refractivity contribution in [1.29, 1.82) is 0 Å². The summed E-state index contributed by atoms with van der Waals surface area (Å²) in [7, 11) is 0. The van der Waals surface area contributed by atoms with Gasteiger partial charge in [-0.3, -0.25) is 4.79 Å². The number of hydrogen-bond donors (Lipinski definition) is 2. The molecule has 0 fully saturated rings. The van der Waals surface area contributed by atoms with Crippen LogP contribution in [0.5, 0.6) is 0 Å². The van der Waals surface area contributed by atoms with Gasteiger partial charge in [-0.1, -0.05) is 83.9 Å². The number of rotatable bonds is 6. The Balaban J connectivity index is 1.77. The van der Waals surface area contributed by atoms with Crippen LogP contribution in [-0.2, 0) is 19.9 Å². The van der Waals surface area contributed by atoms with E-state index in [0.29, 0.717) is 26.9 Å². The highest BCUT2D eigenvalue weighted by Crippen LogP contribution is 2.31. The number of carbonyl (C=O) groups excluding carboxylic acids is 2. The van der Waals surface area contributed by atoms with Crippen LogP contribution in [0.2, 0.25) is 10.0 Å². The fourth-order valence-electron chi connectivity index (χ4n) is 2.78. The van der Waals surface area contributed by atoms with E-state index in [1.54, 1.807) is 66.7 Å². The number of amides is 1. The summed E-state index contributed by atoms with van der Waals surface area (Å²) in [5.74, 6) is -1.59. The van der Waals surface area contributed by atoms with Crippen molar-refractivity contribution < 1.29 is 19.4 Å². The zero-order valence-electron chi connectivity index (χ0n) is 15.1. The normalized spacial score (nSPS) is 11.0. The zero-order chi connectivity index (χ0) is 20.9. The fraction of sp³-hybridized carbons (Fsp3) is 0.0909. The third-order valence-corrected chi connectivity index (χ3v) is 4.78. The van der Waals surface area contributed by atoms with E-state index in [1.807, 2.05) is 0 Å². The van der Waals surface area contributed by atoms with Crippen LogP contribution in [0.25, 0.3) is 0 Å². The summed E-state index contributed by atoms with van der Waals surface area (Å²) in [4.78, 5) is 25.1. The van der Waals surface area contributed by atoms with Crippen LogP contribution in [0.1, 0.15) is 11.1 Å². The molecule has 5 nitrogen and oxygen atoms in total. The predicted molar refractivity (Wildman–Crippen MR) is 112 cm³/mol. The Morgan fingerprint density at radius 2 is 1.45 bits per heavy atom. The Kier molecular flexibility index (Phi) is 6.54. The number of benzene rings is 3. The highest BCUT2D eigenvalue weighted by molar-refractivity contribution is 6.35. The van der Waals surface area contributed by atoms with Crippen LogP contribution in [0, 0.1) is 0 Å². The first-order valence-electron chi connectivity index (χ1n) is 8.67. The van der Waals surface area contributed by atoms with Crippen molar-refractivity contribution in [2.24, 2.45) is 0 Å². The van der Waals surface area contributed by atoms with Crippen molar-refractivity contribution in [2.75, 3.05) is 11.9 Å². The van der Waals surface area contributed by atoms with Gasteiger partial charge < -0.3 is 15.2 Å². The maximum absolute atomic E-state index is 12.8. The third kappa shape index (κ3) is 4.77. The summed E-state index contributed by atoms with van der Waals surface area (Å²) in [5.41, 5.74) is -1.11. The van der Waals surface area contributed by atoms with Gasteiger partial charge in [0.1, 0.15) is 0 Å². The number of ether oxygens (including phenoxy) is 1. The van der Waals surface area contributed by atoms with E-state index in [9.17, 15) is 14.7 Å². The minimum atomic E-state index is -2.06. The Hall–Kier alpha value is -2.86. The molecule has 0 spiro atoms. The Labute approximate surface area is 177 Å². The number of carbonyl (C=O) groups is 2. The number of esters is 1. The molecule has 0 heterocycles. The van der Waals surface area contributed by atoms with Crippen molar-refractivity contribution in [3.8, 4) is 0 Å². The molecule has 0 aliphatic carbocycles. The standard InChI is InChI=1S/C22H17Cl2NO4/c23-17-11-12-18(24)19(13-17)25-20(26)14-29-21(27)22(28,15-7-3-1-4-8-15)16-9-5-2-6-10-16/h1-13,28H,14H2,(H,25,26). The fourth-order valence-corrected chi connectivity index (χ4v) is 3.11. The van der Waals surface area contributed by atoms with E-state index < -0.39 is 24.1 Å². The monoisotopic (exact) mass is 429 g/mol. The molecule has 0 bridgehead atoms. The van der Waals surface area contributed by atoms with Crippen LogP contribution in [-0.4, -0.2) is 23.6 Å². The predicted octanol–water partition coefficient (Wildman–Crippen LogP) is 4.41. The number of aliphatic hydroxyl groups is 1. The van der Waals surface area contributed by atoms with Crippen molar-refractivity contribution in [2.45, 2.75) is 5.60 Å². The molecule has 0 aromatic heterocycles. The molecule has 0 atom stereocenters. The second-order valence-electron chi connectivity index (χ2n) is 6.19. The van der Waals surface area contributed by atoms with Gasteiger partial charge in [-0.05, 0) is 29.3 Å². The summed E-state index contributed by atoms with van der Waals surface area (Å²) >= 11 is 11.9. The largest absolute Gasteiger partial charge is 0.453 e. The van der Waals surface area contributed by atoms with Crippen molar-refractivity contribution in [1.82, 2.24) is 0 Å². The summed E-state index contributed by atoms with van der Waals surface area (Å²) in [6, 6.07) is 21.4. The molecule has 2 N–H and O–H groups in total. The van der Waals surface area contributed by atoms with Gasteiger partial charge in [0, 0.05) is 5.02 Å². The lowest BCUT2D eigenvalue weighted by Crippen LogP contribution is -2.39. The molecule has 0 saturated carbocycles. The molecule has 29 heavy (non-hydrogen) atoms. The molecule has 1 amide bonds. The highest BCUT2D eigenvalue weighted by Gasteiger charge is 2.41. The van der Waals surface area contributed by atoms with Crippen LogP contribution in [0.15, 0.2) is 78.9 Å². The molecule has 0 saturated heterocycles. The van der Waals surface area contributed by atoms with E-state index >= 15 is 0 Å². The number of anilines is 1. The first-order valence-corrected chi connectivity index (χ1v) is 9.42. The van der Waals surface area contributed by atoms with E-state index in [2.05, 4.69) is 5.32 Å². The molecule has 7 heteroatoms. The smallest absolute Gasteiger partial charge is 0.348 e. The Bertz CT molecular complexity index is 970. The van der Waals surface area contributed by atoms with E-state index in [-0.39, 0.29) is 0 Å². The lowest BCUT2D eigenvalue weighted by atomic mass is 9.86. The topological polar surface area (TPSA) is 75.6 Å². The Morgan fingerprint density at radius 1 is 0.897 bits per heavy atom. The lowest BCUT2D eigenvalue weighted by Gasteiger charge is -2.27. The van der Waals surface area contributed by atoms with Crippen LogP contribution >= 0.6 is 23.2 Å². The van der Waals surface area contributed by atoms with Crippen molar-refractivity contribution in [3.05, 3.63) is 100 Å². The number of nitrogens with one attached hydrogen (secondary N) is 1. The molecule has 3 aromatic rings. The van der Waals surface area contributed by atoms with Gasteiger partial charge in [0.25, 0.3) is 5.91 Å². The third-order valence-electron chi connectivity index (χ3n) is 4.22. The molecule has 0 aliphatic heterocycles. The van der Waals surface area contributed by atoms with Gasteiger partial charge in [-0.15, -0.1) is 0 Å². The SMILES string of the molecule is O=C(COC(=O)C(O)(c1ccccc1)c1ccccc1)Nc1cc(Cl)ccc1Cl. The van der Waals surface area contributed by atoms with Crippen molar-refractivity contribution in [3.63, 3.8) is 0 Å². The molecule has 0 radical (unpaired) electrons. The lowest BCUT2D eigenvalue weighted by molar-refractivity contribution is -0.163. The maximum Gasteiger partial charge on any atom is 0.348 e. The first kappa shape index (κ1) is 20.9. The molecular formula is C22H17Cl2NO4. The zero-order valence-corrected chi connectivity index (χ0v) is 16.7. The second kappa shape index (κ2) is 9.09. The summed E-state index contributed by atoms with van der Waals surface area (Å²) in [6.07, 6.45) is 0. The summed E-state index contributed by atoms with van der Waals surface area (Å²) < 4.78 is 5.14.